The Kier molecular flexibility index (Phi) is 7.91. The molecule has 3 nitrogen and oxygen atoms in total. The van der Waals surface area contributed by atoms with Crippen LogP contribution >= 0.6 is 12.4 Å². The second-order valence-electron chi connectivity index (χ2n) is 6.48. The SMILES string of the molecule is Cc1ccc(CNC(=O)CC(C)C2CCNCC2)c(C)c1.Cl. The van der Waals surface area contributed by atoms with Gasteiger partial charge < -0.3 is 10.6 Å². The van der Waals surface area contributed by atoms with Gasteiger partial charge in [0.15, 0.2) is 0 Å². The minimum Gasteiger partial charge on any atom is -0.352 e. The molecular weight excluding hydrogens is 296 g/mol. The van der Waals surface area contributed by atoms with E-state index in [9.17, 15) is 4.79 Å². The topological polar surface area (TPSA) is 41.1 Å². The number of hydrogen-bond acceptors (Lipinski definition) is 2. The largest absolute Gasteiger partial charge is 0.352 e. The Bertz CT molecular complexity index is 484. The highest BCUT2D eigenvalue weighted by Gasteiger charge is 2.21. The molecule has 1 fully saturated rings. The van der Waals surface area contributed by atoms with Gasteiger partial charge in [0.2, 0.25) is 5.91 Å². The molecule has 124 valence electrons. The third-order valence-corrected chi connectivity index (χ3v) is 4.67. The average Bonchev–Trinajstić information content (AvgIpc) is 2.47. The van der Waals surface area contributed by atoms with Gasteiger partial charge in [0.05, 0.1) is 0 Å². The maximum atomic E-state index is 12.1. The van der Waals surface area contributed by atoms with Gasteiger partial charge in [-0.25, -0.2) is 0 Å². The van der Waals surface area contributed by atoms with Crippen LogP contribution in [-0.4, -0.2) is 19.0 Å². The summed E-state index contributed by atoms with van der Waals surface area (Å²) < 4.78 is 0. The highest BCUT2D eigenvalue weighted by Crippen LogP contribution is 2.24. The molecule has 1 aliphatic heterocycles. The fourth-order valence-corrected chi connectivity index (χ4v) is 3.18. The number of halogens is 1. The highest BCUT2D eigenvalue weighted by atomic mass is 35.5. The Hall–Kier alpha value is -1.06. The van der Waals surface area contributed by atoms with Gasteiger partial charge in [0.1, 0.15) is 0 Å². The Morgan fingerprint density at radius 1 is 1.32 bits per heavy atom. The average molecular weight is 325 g/mol. The van der Waals surface area contributed by atoms with Crippen molar-refractivity contribution in [1.29, 1.82) is 0 Å². The second kappa shape index (κ2) is 9.16. The Labute approximate surface area is 140 Å². The first-order valence-electron chi connectivity index (χ1n) is 8.10. The molecule has 0 aliphatic carbocycles. The van der Waals surface area contributed by atoms with Crippen molar-refractivity contribution in [2.75, 3.05) is 13.1 Å². The highest BCUT2D eigenvalue weighted by molar-refractivity contribution is 5.85. The molecule has 2 rings (SSSR count). The first-order chi connectivity index (χ1) is 10.1. The number of nitrogens with one attached hydrogen (secondary N) is 2. The summed E-state index contributed by atoms with van der Waals surface area (Å²) in [6.45, 7) is 9.25. The zero-order valence-electron chi connectivity index (χ0n) is 13.9. The minimum absolute atomic E-state index is 0. The van der Waals surface area contributed by atoms with Gasteiger partial charge in [-0.05, 0) is 62.7 Å². The van der Waals surface area contributed by atoms with Crippen LogP contribution < -0.4 is 10.6 Å². The Morgan fingerprint density at radius 2 is 2.00 bits per heavy atom. The number of amides is 1. The van der Waals surface area contributed by atoms with Gasteiger partial charge in [-0.3, -0.25) is 4.79 Å². The van der Waals surface area contributed by atoms with Gasteiger partial charge in [-0.15, -0.1) is 12.4 Å². The van der Waals surface area contributed by atoms with Crippen molar-refractivity contribution in [2.24, 2.45) is 11.8 Å². The molecule has 1 aromatic carbocycles. The Balaban J connectivity index is 0.00000242. The molecule has 1 unspecified atom stereocenters. The fraction of sp³-hybridized carbons (Fsp3) is 0.611. The zero-order valence-corrected chi connectivity index (χ0v) is 14.8. The molecule has 1 heterocycles. The lowest BCUT2D eigenvalue weighted by Crippen LogP contribution is -2.33. The summed E-state index contributed by atoms with van der Waals surface area (Å²) >= 11 is 0. The zero-order chi connectivity index (χ0) is 15.2. The fourth-order valence-electron chi connectivity index (χ4n) is 3.18. The standard InChI is InChI=1S/C18H28N2O.ClH/c1-13-4-5-17(14(2)10-13)12-20-18(21)11-15(3)16-6-8-19-9-7-16;/h4-5,10,15-16,19H,6-9,11-12H2,1-3H3,(H,20,21);1H. The predicted molar refractivity (Wildman–Crippen MR) is 94.4 cm³/mol. The normalized spacial score (nSPS) is 16.7. The van der Waals surface area contributed by atoms with Gasteiger partial charge in [0, 0.05) is 13.0 Å². The van der Waals surface area contributed by atoms with Crippen molar-refractivity contribution in [3.63, 3.8) is 0 Å². The molecule has 1 atom stereocenters. The van der Waals surface area contributed by atoms with Crippen LogP contribution in [0.1, 0.15) is 42.9 Å². The molecule has 0 aromatic heterocycles. The summed E-state index contributed by atoms with van der Waals surface area (Å²) in [5, 5.41) is 6.45. The molecule has 1 saturated heterocycles. The van der Waals surface area contributed by atoms with Crippen LogP contribution in [0.5, 0.6) is 0 Å². The molecule has 1 aliphatic rings. The molecule has 0 radical (unpaired) electrons. The number of piperidine rings is 1. The lowest BCUT2D eigenvalue weighted by Gasteiger charge is -2.27. The van der Waals surface area contributed by atoms with E-state index >= 15 is 0 Å². The van der Waals surface area contributed by atoms with E-state index in [1.54, 1.807) is 0 Å². The number of aryl methyl sites for hydroxylation is 2. The molecule has 0 spiro atoms. The third-order valence-electron chi connectivity index (χ3n) is 4.67. The number of carbonyl (C=O) groups is 1. The quantitative estimate of drug-likeness (QED) is 0.872. The number of hydrogen-bond donors (Lipinski definition) is 2. The van der Waals surface area contributed by atoms with Crippen LogP contribution in [-0.2, 0) is 11.3 Å². The van der Waals surface area contributed by atoms with Crippen molar-refractivity contribution in [3.05, 3.63) is 34.9 Å². The summed E-state index contributed by atoms with van der Waals surface area (Å²) in [5.74, 6) is 1.35. The van der Waals surface area contributed by atoms with Gasteiger partial charge >= 0.3 is 0 Å². The van der Waals surface area contributed by atoms with Crippen LogP contribution in [0.4, 0.5) is 0 Å². The number of rotatable bonds is 5. The molecular formula is C18H29ClN2O. The van der Waals surface area contributed by atoms with Crippen molar-refractivity contribution >= 4 is 18.3 Å². The Morgan fingerprint density at radius 3 is 2.64 bits per heavy atom. The monoisotopic (exact) mass is 324 g/mol. The van der Waals surface area contributed by atoms with Crippen LogP contribution in [0.3, 0.4) is 0 Å². The maximum absolute atomic E-state index is 12.1. The lowest BCUT2D eigenvalue weighted by atomic mass is 9.84. The summed E-state index contributed by atoms with van der Waals surface area (Å²) in [5.41, 5.74) is 3.73. The smallest absolute Gasteiger partial charge is 0.220 e. The van der Waals surface area contributed by atoms with Crippen molar-refractivity contribution in [1.82, 2.24) is 10.6 Å². The molecule has 1 amide bonds. The van der Waals surface area contributed by atoms with Crippen molar-refractivity contribution in [2.45, 2.75) is 46.6 Å². The van der Waals surface area contributed by atoms with Gasteiger partial charge in [0.25, 0.3) is 0 Å². The summed E-state index contributed by atoms with van der Waals surface area (Å²) in [6.07, 6.45) is 3.05. The first kappa shape index (κ1) is 19.0. The van der Waals surface area contributed by atoms with Crippen LogP contribution in [0, 0.1) is 25.7 Å². The molecule has 22 heavy (non-hydrogen) atoms. The van der Waals surface area contributed by atoms with E-state index in [1.165, 1.54) is 29.5 Å². The number of benzene rings is 1. The van der Waals surface area contributed by atoms with Crippen LogP contribution in [0.2, 0.25) is 0 Å². The van der Waals surface area contributed by atoms with Crippen molar-refractivity contribution < 1.29 is 4.79 Å². The van der Waals surface area contributed by atoms with E-state index < -0.39 is 0 Å². The number of carbonyl (C=O) groups excluding carboxylic acids is 1. The van der Waals surface area contributed by atoms with E-state index in [4.69, 9.17) is 0 Å². The third kappa shape index (κ3) is 5.62. The molecule has 1 aromatic rings. The molecule has 4 heteroatoms. The first-order valence-corrected chi connectivity index (χ1v) is 8.10. The summed E-state index contributed by atoms with van der Waals surface area (Å²) in [4.78, 5) is 12.1. The van der Waals surface area contributed by atoms with E-state index in [-0.39, 0.29) is 18.3 Å². The molecule has 2 N–H and O–H groups in total. The molecule has 0 saturated carbocycles. The van der Waals surface area contributed by atoms with E-state index in [1.807, 2.05) is 0 Å². The van der Waals surface area contributed by atoms with Crippen LogP contribution in [0.15, 0.2) is 18.2 Å². The maximum Gasteiger partial charge on any atom is 0.220 e. The van der Waals surface area contributed by atoms with E-state index in [0.717, 1.165) is 13.1 Å². The lowest BCUT2D eigenvalue weighted by molar-refractivity contribution is -0.122. The van der Waals surface area contributed by atoms with Crippen molar-refractivity contribution in [3.8, 4) is 0 Å². The van der Waals surface area contributed by atoms with E-state index in [2.05, 4.69) is 49.6 Å². The van der Waals surface area contributed by atoms with Gasteiger partial charge in [-0.2, -0.15) is 0 Å². The summed E-state index contributed by atoms with van der Waals surface area (Å²) in [6, 6.07) is 6.38. The minimum atomic E-state index is 0. The van der Waals surface area contributed by atoms with Gasteiger partial charge in [-0.1, -0.05) is 30.7 Å². The predicted octanol–water partition coefficient (Wildman–Crippen LogP) is 3.37. The molecule has 0 bridgehead atoms. The van der Waals surface area contributed by atoms with Crippen LogP contribution in [0.25, 0.3) is 0 Å². The van der Waals surface area contributed by atoms with E-state index in [0.29, 0.717) is 24.8 Å². The summed E-state index contributed by atoms with van der Waals surface area (Å²) in [7, 11) is 0. The second-order valence-corrected chi connectivity index (χ2v) is 6.48.